The van der Waals surface area contributed by atoms with Crippen LogP contribution in [0.4, 0.5) is 0 Å². The van der Waals surface area contributed by atoms with Crippen LogP contribution in [0.3, 0.4) is 0 Å². The molecular weight excluding hydrogens is 268 g/mol. The van der Waals surface area contributed by atoms with Crippen molar-refractivity contribution in [2.24, 2.45) is 0 Å². The van der Waals surface area contributed by atoms with Crippen molar-refractivity contribution < 1.29 is 9.15 Å². The Kier molecular flexibility index (Phi) is 5.22. The number of ether oxygens (including phenoxy) is 1. The van der Waals surface area contributed by atoms with Gasteiger partial charge in [-0.05, 0) is 32.4 Å². The molecule has 2 aliphatic rings. The second-order valence-electron chi connectivity index (χ2n) is 6.08. The van der Waals surface area contributed by atoms with E-state index in [1.165, 1.54) is 32.2 Å². The Morgan fingerprint density at radius 2 is 2.00 bits per heavy atom. The third-order valence-electron chi connectivity index (χ3n) is 4.54. The molecule has 3 rings (SSSR count). The Bertz CT molecular complexity index is 431. The maximum atomic E-state index is 5.54. The van der Waals surface area contributed by atoms with Crippen LogP contribution in [0.25, 0.3) is 0 Å². The summed E-state index contributed by atoms with van der Waals surface area (Å²) >= 11 is 0. The second-order valence-corrected chi connectivity index (χ2v) is 6.08. The van der Waals surface area contributed by atoms with Crippen LogP contribution in [0.15, 0.2) is 4.42 Å². The monoisotopic (exact) mass is 294 g/mol. The van der Waals surface area contributed by atoms with Crippen LogP contribution in [0.2, 0.25) is 0 Å². The molecule has 1 aromatic heterocycles. The van der Waals surface area contributed by atoms with Crippen molar-refractivity contribution in [2.45, 2.75) is 45.2 Å². The third kappa shape index (κ3) is 4.25. The number of rotatable bonds is 5. The quantitative estimate of drug-likeness (QED) is 0.819. The highest BCUT2D eigenvalue weighted by atomic mass is 16.5. The summed E-state index contributed by atoms with van der Waals surface area (Å²) < 4.78 is 11.0. The molecule has 0 amide bonds. The van der Waals surface area contributed by atoms with E-state index in [1.54, 1.807) is 0 Å². The number of nitrogens with zero attached hydrogens (tertiary/aromatic N) is 4. The molecule has 6 heteroatoms. The van der Waals surface area contributed by atoms with E-state index in [0.29, 0.717) is 11.9 Å². The zero-order valence-electron chi connectivity index (χ0n) is 13.0. The lowest BCUT2D eigenvalue weighted by atomic mass is 9.99. The first-order valence-electron chi connectivity index (χ1n) is 8.14. The topological polar surface area (TPSA) is 54.6 Å². The average Bonchev–Trinajstić information content (AvgIpc) is 2.93. The normalized spacial score (nSPS) is 25.3. The van der Waals surface area contributed by atoms with E-state index in [9.17, 15) is 0 Å². The number of likely N-dealkylation sites (tertiary alicyclic amines) is 1. The minimum absolute atomic E-state index is 0.647. The maximum absolute atomic E-state index is 5.54. The van der Waals surface area contributed by atoms with Gasteiger partial charge in [-0.25, -0.2) is 0 Å². The van der Waals surface area contributed by atoms with Crippen molar-refractivity contribution >= 4 is 0 Å². The highest BCUT2D eigenvalue weighted by molar-refractivity contribution is 4.84. The van der Waals surface area contributed by atoms with Gasteiger partial charge in [-0.15, -0.1) is 10.2 Å². The molecule has 0 saturated carbocycles. The molecule has 0 bridgehead atoms. The fourth-order valence-electron chi connectivity index (χ4n) is 3.33. The summed E-state index contributed by atoms with van der Waals surface area (Å²) in [5, 5.41) is 8.07. The van der Waals surface area contributed by atoms with Gasteiger partial charge in [0, 0.05) is 26.1 Å². The number of morpholine rings is 1. The van der Waals surface area contributed by atoms with E-state index >= 15 is 0 Å². The van der Waals surface area contributed by atoms with Gasteiger partial charge < -0.3 is 9.15 Å². The predicted octanol–water partition coefficient (Wildman–Crippen LogP) is 1.45. The van der Waals surface area contributed by atoms with Crippen molar-refractivity contribution in [1.29, 1.82) is 0 Å². The van der Waals surface area contributed by atoms with Crippen LogP contribution < -0.4 is 0 Å². The molecule has 2 saturated heterocycles. The molecule has 118 valence electrons. The minimum Gasteiger partial charge on any atom is -0.424 e. The summed E-state index contributed by atoms with van der Waals surface area (Å²) in [6.07, 6.45) is 5.14. The highest BCUT2D eigenvalue weighted by Gasteiger charge is 2.24. The van der Waals surface area contributed by atoms with Crippen LogP contribution >= 0.6 is 0 Å². The standard InChI is InChI=1S/C15H26N4O2/c1-13-16-17-15(21-13)12-19-6-3-2-4-14(19)5-7-18-8-10-20-11-9-18/h14H,2-12H2,1H3. The molecule has 0 spiro atoms. The van der Waals surface area contributed by atoms with Gasteiger partial charge in [0.2, 0.25) is 11.8 Å². The molecule has 1 aromatic rings. The molecule has 0 N–H and O–H groups in total. The van der Waals surface area contributed by atoms with Gasteiger partial charge in [0.15, 0.2) is 0 Å². The van der Waals surface area contributed by atoms with Crippen molar-refractivity contribution in [3.05, 3.63) is 11.8 Å². The summed E-state index contributed by atoms with van der Waals surface area (Å²) in [5.41, 5.74) is 0. The van der Waals surface area contributed by atoms with Gasteiger partial charge in [-0.2, -0.15) is 0 Å². The van der Waals surface area contributed by atoms with Crippen LogP contribution in [-0.2, 0) is 11.3 Å². The van der Waals surface area contributed by atoms with Crippen LogP contribution in [0.1, 0.15) is 37.5 Å². The van der Waals surface area contributed by atoms with E-state index in [4.69, 9.17) is 9.15 Å². The first kappa shape index (κ1) is 14.9. The molecule has 21 heavy (non-hydrogen) atoms. The molecule has 0 radical (unpaired) electrons. The Hall–Kier alpha value is -0.980. The van der Waals surface area contributed by atoms with Gasteiger partial charge >= 0.3 is 0 Å². The summed E-state index contributed by atoms with van der Waals surface area (Å²) in [6, 6.07) is 0.647. The van der Waals surface area contributed by atoms with E-state index in [1.807, 2.05) is 6.92 Å². The largest absolute Gasteiger partial charge is 0.424 e. The van der Waals surface area contributed by atoms with E-state index in [2.05, 4.69) is 20.0 Å². The molecule has 1 atom stereocenters. The summed E-state index contributed by atoms with van der Waals surface area (Å²) in [4.78, 5) is 5.05. The van der Waals surface area contributed by atoms with Crippen molar-refractivity contribution in [3.63, 3.8) is 0 Å². The summed E-state index contributed by atoms with van der Waals surface area (Å²) in [7, 11) is 0. The van der Waals surface area contributed by atoms with Gasteiger partial charge in [0.05, 0.1) is 19.8 Å². The third-order valence-corrected chi connectivity index (χ3v) is 4.54. The lowest BCUT2D eigenvalue weighted by Gasteiger charge is -2.36. The Morgan fingerprint density at radius 1 is 1.14 bits per heavy atom. The zero-order valence-corrected chi connectivity index (χ0v) is 13.0. The van der Waals surface area contributed by atoms with Crippen LogP contribution in [0.5, 0.6) is 0 Å². The first-order chi connectivity index (χ1) is 10.3. The average molecular weight is 294 g/mol. The van der Waals surface area contributed by atoms with Crippen molar-refractivity contribution in [2.75, 3.05) is 39.4 Å². The molecule has 1 unspecified atom stereocenters. The number of hydrogen-bond acceptors (Lipinski definition) is 6. The van der Waals surface area contributed by atoms with Crippen LogP contribution in [-0.4, -0.2) is 65.4 Å². The minimum atomic E-state index is 0.647. The summed E-state index contributed by atoms with van der Waals surface area (Å²) in [5.74, 6) is 1.41. The Labute approximate surface area is 126 Å². The number of piperidine rings is 1. The zero-order chi connectivity index (χ0) is 14.5. The number of aromatic nitrogens is 2. The highest BCUT2D eigenvalue weighted by Crippen LogP contribution is 2.22. The molecule has 0 aliphatic carbocycles. The fraction of sp³-hybridized carbons (Fsp3) is 0.867. The van der Waals surface area contributed by atoms with Gasteiger partial charge in [-0.1, -0.05) is 6.42 Å². The van der Waals surface area contributed by atoms with Crippen LogP contribution in [0, 0.1) is 6.92 Å². The molecule has 0 aromatic carbocycles. The lowest BCUT2D eigenvalue weighted by Crippen LogP contribution is -2.43. The molecule has 2 aliphatic heterocycles. The SMILES string of the molecule is Cc1nnc(CN2CCCCC2CCN2CCOCC2)o1. The van der Waals surface area contributed by atoms with Crippen molar-refractivity contribution in [1.82, 2.24) is 20.0 Å². The molecule has 3 heterocycles. The Balaban J connectivity index is 1.51. The maximum Gasteiger partial charge on any atom is 0.230 e. The van der Waals surface area contributed by atoms with Gasteiger partial charge in [0.1, 0.15) is 0 Å². The number of aryl methyl sites for hydroxylation is 1. The Morgan fingerprint density at radius 3 is 2.76 bits per heavy atom. The molecule has 6 nitrogen and oxygen atoms in total. The fourth-order valence-corrected chi connectivity index (χ4v) is 3.33. The van der Waals surface area contributed by atoms with E-state index in [0.717, 1.165) is 45.3 Å². The predicted molar refractivity (Wildman–Crippen MR) is 79.0 cm³/mol. The number of hydrogen-bond donors (Lipinski definition) is 0. The smallest absolute Gasteiger partial charge is 0.230 e. The van der Waals surface area contributed by atoms with E-state index < -0.39 is 0 Å². The van der Waals surface area contributed by atoms with Gasteiger partial charge in [-0.3, -0.25) is 9.80 Å². The molecule has 2 fully saturated rings. The molecular formula is C15H26N4O2. The first-order valence-corrected chi connectivity index (χ1v) is 8.14. The lowest BCUT2D eigenvalue weighted by molar-refractivity contribution is 0.0296. The summed E-state index contributed by atoms with van der Waals surface area (Å²) in [6.45, 7) is 8.90. The van der Waals surface area contributed by atoms with Gasteiger partial charge in [0.25, 0.3) is 0 Å². The second kappa shape index (κ2) is 7.33. The van der Waals surface area contributed by atoms with Crippen molar-refractivity contribution in [3.8, 4) is 0 Å². The van der Waals surface area contributed by atoms with E-state index in [-0.39, 0.29) is 0 Å².